The Hall–Kier alpha value is -1.53. The SMILES string of the molecule is CC(C)(C)C(NC(=O)O)C1(c2ccc(B3OC(C)(C)C(C)(C)O3)cc2)CCC1. The van der Waals surface area contributed by atoms with Crippen LogP contribution in [0.15, 0.2) is 24.3 Å². The molecule has 1 atom stereocenters. The van der Waals surface area contributed by atoms with Gasteiger partial charge >= 0.3 is 13.2 Å². The van der Waals surface area contributed by atoms with Gasteiger partial charge in [-0.05, 0) is 57.0 Å². The fourth-order valence-electron chi connectivity index (χ4n) is 4.56. The Labute approximate surface area is 169 Å². The first-order valence-corrected chi connectivity index (χ1v) is 10.2. The first-order valence-electron chi connectivity index (χ1n) is 10.2. The minimum Gasteiger partial charge on any atom is -0.465 e. The molecule has 2 N–H and O–H groups in total. The molecule has 1 aromatic carbocycles. The molecule has 1 heterocycles. The Kier molecular flexibility index (Phi) is 5.12. The molecule has 3 rings (SSSR count). The van der Waals surface area contributed by atoms with Crippen LogP contribution in [0.1, 0.15) is 73.3 Å². The molecule has 2 aliphatic rings. The van der Waals surface area contributed by atoms with Gasteiger partial charge in [-0.1, -0.05) is 51.5 Å². The average Bonchev–Trinajstić information content (AvgIpc) is 2.73. The fraction of sp³-hybridized carbons (Fsp3) is 0.682. The van der Waals surface area contributed by atoms with E-state index in [1.54, 1.807) is 0 Å². The van der Waals surface area contributed by atoms with Gasteiger partial charge in [-0.2, -0.15) is 0 Å². The molecular formula is C22H34BNO4. The molecule has 0 spiro atoms. The van der Waals surface area contributed by atoms with Gasteiger partial charge < -0.3 is 19.7 Å². The molecule has 1 aliphatic heterocycles. The lowest BCUT2D eigenvalue weighted by molar-refractivity contribution is 0.00578. The molecule has 6 heteroatoms. The molecule has 154 valence electrons. The minimum atomic E-state index is -0.958. The maximum absolute atomic E-state index is 11.5. The fourth-order valence-corrected chi connectivity index (χ4v) is 4.56. The van der Waals surface area contributed by atoms with Crippen molar-refractivity contribution >= 4 is 18.7 Å². The van der Waals surface area contributed by atoms with Crippen molar-refractivity contribution in [3.8, 4) is 0 Å². The monoisotopic (exact) mass is 387 g/mol. The second-order valence-corrected chi connectivity index (χ2v) is 10.5. The summed E-state index contributed by atoms with van der Waals surface area (Å²) in [7, 11) is -0.382. The molecule has 5 nitrogen and oxygen atoms in total. The Bertz CT molecular complexity index is 716. The average molecular weight is 387 g/mol. The summed E-state index contributed by atoms with van der Waals surface area (Å²) in [6, 6.07) is 8.24. The Morgan fingerprint density at radius 1 is 1.07 bits per heavy atom. The second-order valence-electron chi connectivity index (χ2n) is 10.5. The van der Waals surface area contributed by atoms with Crippen molar-refractivity contribution in [1.29, 1.82) is 0 Å². The van der Waals surface area contributed by atoms with Crippen LogP contribution in [-0.4, -0.2) is 35.6 Å². The lowest BCUT2D eigenvalue weighted by Gasteiger charge is -2.53. The van der Waals surface area contributed by atoms with Crippen LogP contribution in [0.4, 0.5) is 4.79 Å². The molecule has 1 amide bonds. The quantitative estimate of drug-likeness (QED) is 0.764. The maximum Gasteiger partial charge on any atom is 0.494 e. The third-order valence-electron chi connectivity index (χ3n) is 6.94. The third-order valence-corrected chi connectivity index (χ3v) is 6.94. The number of carbonyl (C=O) groups is 1. The third kappa shape index (κ3) is 3.57. The van der Waals surface area contributed by atoms with E-state index in [9.17, 15) is 9.90 Å². The Morgan fingerprint density at radius 2 is 1.57 bits per heavy atom. The van der Waals surface area contributed by atoms with Gasteiger partial charge in [0.1, 0.15) is 0 Å². The van der Waals surface area contributed by atoms with Crippen molar-refractivity contribution in [2.75, 3.05) is 0 Å². The lowest BCUT2D eigenvalue weighted by Crippen LogP contribution is -2.59. The number of carboxylic acid groups (broad SMARTS) is 1. The van der Waals surface area contributed by atoms with Gasteiger partial charge in [0.25, 0.3) is 0 Å². The number of hydrogen-bond donors (Lipinski definition) is 2. The van der Waals surface area contributed by atoms with Gasteiger partial charge in [0.15, 0.2) is 0 Å². The van der Waals surface area contributed by atoms with E-state index in [2.05, 4.69) is 78.0 Å². The number of nitrogens with one attached hydrogen (secondary N) is 1. The normalized spacial score (nSPS) is 23.8. The smallest absolute Gasteiger partial charge is 0.465 e. The summed E-state index contributed by atoms with van der Waals surface area (Å²) in [5, 5.41) is 12.2. The predicted octanol–water partition coefficient (Wildman–Crippen LogP) is 4.09. The summed E-state index contributed by atoms with van der Waals surface area (Å²) in [5.41, 5.74) is 1.11. The highest BCUT2D eigenvalue weighted by atomic mass is 16.7. The molecule has 1 saturated carbocycles. The zero-order valence-corrected chi connectivity index (χ0v) is 18.3. The van der Waals surface area contributed by atoms with Gasteiger partial charge in [-0.15, -0.1) is 0 Å². The van der Waals surface area contributed by atoms with Crippen LogP contribution in [0.2, 0.25) is 0 Å². The van der Waals surface area contributed by atoms with Crippen LogP contribution in [0.3, 0.4) is 0 Å². The van der Waals surface area contributed by atoms with Crippen LogP contribution in [0.5, 0.6) is 0 Å². The molecule has 1 unspecified atom stereocenters. The van der Waals surface area contributed by atoms with Crippen LogP contribution in [-0.2, 0) is 14.7 Å². The maximum atomic E-state index is 11.5. The summed E-state index contributed by atoms with van der Waals surface area (Å²) in [6.07, 6.45) is 2.14. The standard InChI is InChI=1S/C22H34BNO4/c1-19(2,3)17(24-18(25)26)22(13-8-14-22)15-9-11-16(12-10-15)23-27-20(4,5)21(6,7)28-23/h9-12,17,24H,8,13-14H2,1-7H3,(H,25,26). The number of hydrogen-bond acceptors (Lipinski definition) is 3. The van der Waals surface area contributed by atoms with E-state index in [4.69, 9.17) is 9.31 Å². The van der Waals surface area contributed by atoms with Crippen molar-refractivity contribution in [2.45, 2.75) is 90.4 Å². The van der Waals surface area contributed by atoms with E-state index < -0.39 is 6.09 Å². The Balaban J connectivity index is 1.88. The molecule has 1 aliphatic carbocycles. The number of amides is 1. The van der Waals surface area contributed by atoms with E-state index in [-0.39, 0.29) is 35.2 Å². The highest BCUT2D eigenvalue weighted by molar-refractivity contribution is 6.62. The van der Waals surface area contributed by atoms with Crippen molar-refractivity contribution in [1.82, 2.24) is 5.32 Å². The molecule has 0 aromatic heterocycles. The summed E-state index contributed by atoms with van der Waals surface area (Å²) >= 11 is 0. The van der Waals surface area contributed by atoms with E-state index >= 15 is 0 Å². The topological polar surface area (TPSA) is 67.8 Å². The highest BCUT2D eigenvalue weighted by Gasteiger charge is 2.53. The second kappa shape index (κ2) is 6.77. The van der Waals surface area contributed by atoms with Crippen LogP contribution >= 0.6 is 0 Å². The summed E-state index contributed by atoms with van der Waals surface area (Å²) in [5.74, 6) is 0. The summed E-state index contributed by atoms with van der Waals surface area (Å²) in [6.45, 7) is 14.5. The molecule has 0 radical (unpaired) electrons. The van der Waals surface area contributed by atoms with Crippen molar-refractivity contribution in [3.05, 3.63) is 29.8 Å². The van der Waals surface area contributed by atoms with Crippen molar-refractivity contribution < 1.29 is 19.2 Å². The number of rotatable bonds is 4. The lowest BCUT2D eigenvalue weighted by atomic mass is 9.55. The van der Waals surface area contributed by atoms with Crippen molar-refractivity contribution in [3.63, 3.8) is 0 Å². The molecule has 28 heavy (non-hydrogen) atoms. The van der Waals surface area contributed by atoms with Gasteiger partial charge in [0, 0.05) is 11.5 Å². The van der Waals surface area contributed by atoms with Crippen LogP contribution in [0.25, 0.3) is 0 Å². The van der Waals surface area contributed by atoms with Crippen molar-refractivity contribution in [2.24, 2.45) is 5.41 Å². The zero-order valence-electron chi connectivity index (χ0n) is 18.3. The molecule has 2 fully saturated rings. The van der Waals surface area contributed by atoms with E-state index in [0.717, 1.165) is 24.7 Å². The van der Waals surface area contributed by atoms with Gasteiger partial charge in [0.2, 0.25) is 0 Å². The summed E-state index contributed by atoms with van der Waals surface area (Å²) < 4.78 is 12.3. The minimum absolute atomic E-state index is 0.144. The molecule has 1 saturated heterocycles. The van der Waals surface area contributed by atoms with E-state index in [1.165, 1.54) is 5.56 Å². The summed E-state index contributed by atoms with van der Waals surface area (Å²) in [4.78, 5) is 11.5. The molecule has 0 bridgehead atoms. The van der Waals surface area contributed by atoms with E-state index in [1.807, 2.05) is 0 Å². The highest BCUT2D eigenvalue weighted by Crippen LogP contribution is 2.50. The van der Waals surface area contributed by atoms with Gasteiger partial charge in [-0.25, -0.2) is 4.79 Å². The van der Waals surface area contributed by atoms with Gasteiger partial charge in [0.05, 0.1) is 11.2 Å². The van der Waals surface area contributed by atoms with Crippen LogP contribution in [0, 0.1) is 5.41 Å². The van der Waals surface area contributed by atoms with Crippen LogP contribution < -0.4 is 10.8 Å². The largest absolute Gasteiger partial charge is 0.494 e. The van der Waals surface area contributed by atoms with E-state index in [0.29, 0.717) is 0 Å². The molecule has 1 aromatic rings. The first-order chi connectivity index (χ1) is 12.8. The Morgan fingerprint density at radius 3 is 1.93 bits per heavy atom. The first kappa shape index (κ1) is 21.2. The zero-order chi connectivity index (χ0) is 21.0. The predicted molar refractivity (Wildman–Crippen MR) is 112 cm³/mol. The number of benzene rings is 1. The van der Waals surface area contributed by atoms with Gasteiger partial charge in [-0.3, -0.25) is 0 Å². The molecular weight excluding hydrogens is 353 g/mol.